The van der Waals surface area contributed by atoms with E-state index in [4.69, 9.17) is 0 Å². The molecule has 18 heavy (non-hydrogen) atoms. The highest BCUT2D eigenvalue weighted by Gasteiger charge is 2.36. The molecule has 0 atom stereocenters. The maximum Gasteiger partial charge on any atom is 0.453 e. The van der Waals surface area contributed by atoms with Crippen LogP contribution in [0.4, 0.5) is 17.6 Å². The molecule has 0 saturated carbocycles. The molecular formula is C11H9F4N3. The summed E-state index contributed by atoms with van der Waals surface area (Å²) in [5, 5.41) is 3.21. The van der Waals surface area contributed by atoms with Gasteiger partial charge in [0.1, 0.15) is 17.8 Å². The van der Waals surface area contributed by atoms with Crippen molar-refractivity contribution in [3.05, 3.63) is 41.7 Å². The van der Waals surface area contributed by atoms with E-state index >= 15 is 0 Å². The number of hydrogen-bond donors (Lipinski definition) is 0. The van der Waals surface area contributed by atoms with Crippen LogP contribution in [0.5, 0.6) is 0 Å². The van der Waals surface area contributed by atoms with E-state index in [-0.39, 0.29) is 5.69 Å². The molecule has 0 aliphatic rings. The third-order valence-corrected chi connectivity index (χ3v) is 2.41. The fraction of sp³-hybridized carbons (Fsp3) is 0.273. The second-order valence-electron chi connectivity index (χ2n) is 3.65. The van der Waals surface area contributed by atoms with E-state index in [0.29, 0.717) is 6.42 Å². The zero-order valence-corrected chi connectivity index (χ0v) is 9.37. The van der Waals surface area contributed by atoms with Gasteiger partial charge in [0, 0.05) is 0 Å². The van der Waals surface area contributed by atoms with Crippen LogP contribution >= 0.6 is 0 Å². The van der Waals surface area contributed by atoms with Gasteiger partial charge in [0.05, 0.1) is 0 Å². The Morgan fingerprint density at radius 1 is 1.28 bits per heavy atom. The fourth-order valence-electron chi connectivity index (χ4n) is 1.47. The van der Waals surface area contributed by atoms with Crippen LogP contribution in [0.3, 0.4) is 0 Å². The van der Waals surface area contributed by atoms with Crippen LogP contribution in [0.15, 0.2) is 24.5 Å². The van der Waals surface area contributed by atoms with E-state index in [1.807, 2.05) is 6.92 Å². The van der Waals surface area contributed by atoms with Crippen LogP contribution in [-0.4, -0.2) is 14.8 Å². The number of rotatable bonds is 2. The first-order valence-electron chi connectivity index (χ1n) is 5.19. The van der Waals surface area contributed by atoms with Crippen LogP contribution in [0.1, 0.15) is 18.3 Å². The Morgan fingerprint density at radius 3 is 2.50 bits per heavy atom. The lowest BCUT2D eigenvalue weighted by atomic mass is 10.1. The Morgan fingerprint density at radius 2 is 2.00 bits per heavy atom. The molecule has 0 fully saturated rings. The average molecular weight is 259 g/mol. The molecule has 1 aromatic carbocycles. The monoisotopic (exact) mass is 259 g/mol. The lowest BCUT2D eigenvalue weighted by Crippen LogP contribution is -2.09. The lowest BCUT2D eigenvalue weighted by molar-refractivity contribution is -0.144. The Hall–Kier alpha value is -1.92. The number of benzene rings is 1. The minimum absolute atomic E-state index is 0.0600. The molecule has 3 nitrogen and oxygen atoms in total. The van der Waals surface area contributed by atoms with Crippen molar-refractivity contribution in [1.82, 2.24) is 14.8 Å². The van der Waals surface area contributed by atoms with Gasteiger partial charge in [-0.15, -0.1) is 5.10 Å². The summed E-state index contributed by atoms with van der Waals surface area (Å²) in [7, 11) is 0. The number of nitrogens with zero attached hydrogens (tertiary/aromatic N) is 3. The fourth-order valence-corrected chi connectivity index (χ4v) is 1.47. The number of aromatic nitrogens is 3. The first kappa shape index (κ1) is 12.5. The van der Waals surface area contributed by atoms with Gasteiger partial charge in [-0.3, -0.25) is 0 Å². The molecule has 2 aromatic rings. The predicted molar refractivity (Wildman–Crippen MR) is 55.7 cm³/mol. The molecule has 0 radical (unpaired) electrons. The van der Waals surface area contributed by atoms with Gasteiger partial charge in [-0.25, -0.2) is 14.1 Å². The molecule has 7 heteroatoms. The second kappa shape index (κ2) is 4.40. The number of alkyl halides is 3. The first-order valence-corrected chi connectivity index (χ1v) is 5.19. The Bertz CT molecular complexity index is 560. The Labute approximate surface area is 100 Å². The van der Waals surface area contributed by atoms with Gasteiger partial charge in [0.15, 0.2) is 0 Å². The molecule has 2 rings (SSSR count). The van der Waals surface area contributed by atoms with E-state index in [1.165, 1.54) is 12.1 Å². The summed E-state index contributed by atoms with van der Waals surface area (Å²) in [6.45, 7) is 1.85. The van der Waals surface area contributed by atoms with Crippen LogP contribution in [-0.2, 0) is 12.6 Å². The summed E-state index contributed by atoms with van der Waals surface area (Å²) < 4.78 is 51.3. The summed E-state index contributed by atoms with van der Waals surface area (Å²) in [5.74, 6) is -1.92. The van der Waals surface area contributed by atoms with E-state index in [1.54, 1.807) is 6.07 Å². The number of aryl methyl sites for hydroxylation is 1. The Balaban J connectivity index is 2.40. The van der Waals surface area contributed by atoms with Crippen molar-refractivity contribution >= 4 is 0 Å². The third-order valence-electron chi connectivity index (χ3n) is 2.41. The average Bonchev–Trinajstić information content (AvgIpc) is 2.77. The van der Waals surface area contributed by atoms with Gasteiger partial charge in [-0.1, -0.05) is 13.0 Å². The molecule has 0 N–H and O–H groups in total. The van der Waals surface area contributed by atoms with Crippen molar-refractivity contribution in [2.45, 2.75) is 19.5 Å². The van der Waals surface area contributed by atoms with Crippen molar-refractivity contribution < 1.29 is 17.6 Å². The minimum Gasteiger partial charge on any atom is -0.217 e. The summed E-state index contributed by atoms with van der Waals surface area (Å²) >= 11 is 0. The standard InChI is InChI=1S/C11H9F4N3/c1-2-7-3-4-9(8(12)5-7)18-6-16-10(17-18)11(13,14)15/h3-6H,2H2,1H3. The molecule has 1 heterocycles. The summed E-state index contributed by atoms with van der Waals surface area (Å²) in [6, 6.07) is 4.28. The molecule has 0 unspecified atom stereocenters. The Kier molecular flexibility index (Phi) is 3.06. The summed E-state index contributed by atoms with van der Waals surface area (Å²) in [5.41, 5.74) is 0.697. The molecule has 0 aliphatic carbocycles. The molecule has 0 saturated heterocycles. The second-order valence-corrected chi connectivity index (χ2v) is 3.65. The molecule has 96 valence electrons. The maximum atomic E-state index is 13.7. The molecular weight excluding hydrogens is 250 g/mol. The van der Waals surface area contributed by atoms with Gasteiger partial charge >= 0.3 is 6.18 Å². The summed E-state index contributed by atoms with van der Waals surface area (Å²) in [6.07, 6.45) is -3.15. The van der Waals surface area contributed by atoms with Gasteiger partial charge in [-0.05, 0) is 24.1 Å². The van der Waals surface area contributed by atoms with Gasteiger partial charge in [0.25, 0.3) is 5.82 Å². The highest BCUT2D eigenvalue weighted by atomic mass is 19.4. The van der Waals surface area contributed by atoms with Crippen molar-refractivity contribution in [1.29, 1.82) is 0 Å². The molecule has 0 aliphatic heterocycles. The number of hydrogen-bond acceptors (Lipinski definition) is 2. The zero-order valence-electron chi connectivity index (χ0n) is 9.37. The lowest BCUT2D eigenvalue weighted by Gasteiger charge is -2.04. The van der Waals surface area contributed by atoms with Crippen molar-refractivity contribution in [3.63, 3.8) is 0 Å². The highest BCUT2D eigenvalue weighted by molar-refractivity contribution is 5.35. The van der Waals surface area contributed by atoms with Crippen molar-refractivity contribution in [2.75, 3.05) is 0 Å². The topological polar surface area (TPSA) is 30.7 Å². The van der Waals surface area contributed by atoms with Gasteiger partial charge in [0.2, 0.25) is 0 Å². The van der Waals surface area contributed by atoms with E-state index in [0.717, 1.165) is 16.6 Å². The smallest absolute Gasteiger partial charge is 0.217 e. The first-order chi connectivity index (χ1) is 8.41. The quantitative estimate of drug-likeness (QED) is 0.776. The molecule has 0 amide bonds. The van der Waals surface area contributed by atoms with Gasteiger partial charge < -0.3 is 0 Å². The number of halogens is 4. The van der Waals surface area contributed by atoms with E-state index in [2.05, 4.69) is 10.1 Å². The van der Waals surface area contributed by atoms with E-state index in [9.17, 15) is 17.6 Å². The molecule has 1 aromatic heterocycles. The van der Waals surface area contributed by atoms with Crippen molar-refractivity contribution in [2.24, 2.45) is 0 Å². The SMILES string of the molecule is CCc1ccc(-n2cnc(C(F)(F)F)n2)c(F)c1. The van der Waals surface area contributed by atoms with Crippen LogP contribution in [0.2, 0.25) is 0 Å². The molecule has 0 bridgehead atoms. The van der Waals surface area contributed by atoms with Crippen LogP contribution in [0.25, 0.3) is 5.69 Å². The predicted octanol–water partition coefficient (Wildman–Crippen LogP) is 2.99. The van der Waals surface area contributed by atoms with E-state index < -0.39 is 17.8 Å². The highest BCUT2D eigenvalue weighted by Crippen LogP contribution is 2.26. The van der Waals surface area contributed by atoms with Gasteiger partial charge in [-0.2, -0.15) is 13.2 Å². The minimum atomic E-state index is -4.63. The largest absolute Gasteiger partial charge is 0.453 e. The van der Waals surface area contributed by atoms with Crippen LogP contribution in [0, 0.1) is 5.82 Å². The molecule has 0 spiro atoms. The summed E-state index contributed by atoms with van der Waals surface area (Å²) in [4.78, 5) is 3.11. The normalized spacial score (nSPS) is 11.8. The van der Waals surface area contributed by atoms with Crippen LogP contribution < -0.4 is 0 Å². The zero-order chi connectivity index (χ0) is 13.3. The van der Waals surface area contributed by atoms with Crippen molar-refractivity contribution in [3.8, 4) is 5.69 Å². The maximum absolute atomic E-state index is 13.7. The third kappa shape index (κ3) is 2.34.